The van der Waals surface area contributed by atoms with E-state index in [1.54, 1.807) is 0 Å². The minimum atomic E-state index is 0.696. The average molecular weight is 147 g/mol. The summed E-state index contributed by atoms with van der Waals surface area (Å²) in [6.07, 6.45) is 4.56. The van der Waals surface area contributed by atoms with E-state index in [2.05, 4.69) is 9.78 Å². The molecule has 0 aromatic heterocycles. The molecule has 2 N–H and O–H groups in total. The van der Waals surface area contributed by atoms with Crippen LogP contribution in [0.25, 0.3) is 0 Å². The fourth-order valence-electron chi connectivity index (χ4n) is 0.742. The molecule has 3 nitrogen and oxygen atoms in total. The van der Waals surface area contributed by atoms with Gasteiger partial charge in [0.15, 0.2) is 0 Å². The minimum Gasteiger partial charge on any atom is -0.330 e. The van der Waals surface area contributed by atoms with E-state index in [1.807, 2.05) is 0 Å². The topological polar surface area (TPSA) is 44.5 Å². The van der Waals surface area contributed by atoms with Crippen molar-refractivity contribution in [1.29, 1.82) is 0 Å². The Morgan fingerprint density at radius 3 is 2.40 bits per heavy atom. The van der Waals surface area contributed by atoms with Crippen molar-refractivity contribution in [3.63, 3.8) is 0 Å². The van der Waals surface area contributed by atoms with E-state index in [-0.39, 0.29) is 0 Å². The van der Waals surface area contributed by atoms with Gasteiger partial charge in [0, 0.05) is 0 Å². The van der Waals surface area contributed by atoms with Gasteiger partial charge in [-0.2, -0.15) is 0 Å². The molecular weight excluding hydrogens is 130 g/mol. The van der Waals surface area contributed by atoms with E-state index in [4.69, 9.17) is 5.73 Å². The van der Waals surface area contributed by atoms with Gasteiger partial charge in [-0.3, -0.25) is 0 Å². The van der Waals surface area contributed by atoms with Crippen LogP contribution in [0.15, 0.2) is 0 Å². The third-order valence-corrected chi connectivity index (χ3v) is 1.30. The lowest BCUT2D eigenvalue weighted by Gasteiger charge is -1.98. The highest BCUT2D eigenvalue weighted by Gasteiger charge is 1.88. The van der Waals surface area contributed by atoms with E-state index in [0.717, 1.165) is 19.4 Å². The lowest BCUT2D eigenvalue weighted by molar-refractivity contribution is -0.272. The zero-order chi connectivity index (χ0) is 7.66. The van der Waals surface area contributed by atoms with Gasteiger partial charge < -0.3 is 5.73 Å². The molecule has 0 unspecified atom stereocenters. The maximum atomic E-state index is 5.31. The molecular formula is C7H17NO2. The molecule has 0 aliphatic heterocycles. The van der Waals surface area contributed by atoms with Gasteiger partial charge in [0.2, 0.25) is 0 Å². The Kier molecular flexibility index (Phi) is 8.77. The highest BCUT2D eigenvalue weighted by Crippen LogP contribution is 1.98. The van der Waals surface area contributed by atoms with Crippen molar-refractivity contribution in [3.8, 4) is 0 Å². The Hall–Kier alpha value is -0.120. The van der Waals surface area contributed by atoms with Crippen molar-refractivity contribution in [2.75, 3.05) is 20.3 Å². The lowest BCUT2D eigenvalue weighted by atomic mass is 10.2. The summed E-state index contributed by atoms with van der Waals surface area (Å²) in [7, 11) is 1.53. The van der Waals surface area contributed by atoms with Gasteiger partial charge in [0.1, 0.15) is 0 Å². The normalized spacial score (nSPS) is 10.2. The smallest absolute Gasteiger partial charge is 0.0822 e. The molecule has 0 saturated heterocycles. The summed E-state index contributed by atoms with van der Waals surface area (Å²) in [4.78, 5) is 9.11. The Morgan fingerprint density at radius 2 is 1.80 bits per heavy atom. The standard InChI is InChI=1S/C7H17NO2/c1-9-10-7-5-3-2-4-6-8/h2-8H2,1H3. The second-order valence-electron chi connectivity index (χ2n) is 2.19. The van der Waals surface area contributed by atoms with E-state index < -0.39 is 0 Å². The Morgan fingerprint density at radius 1 is 1.10 bits per heavy atom. The van der Waals surface area contributed by atoms with Gasteiger partial charge >= 0.3 is 0 Å². The fourth-order valence-corrected chi connectivity index (χ4v) is 0.742. The van der Waals surface area contributed by atoms with Crippen LogP contribution in [-0.2, 0) is 9.78 Å². The van der Waals surface area contributed by atoms with Crippen LogP contribution in [0.3, 0.4) is 0 Å². The molecule has 0 rings (SSSR count). The second-order valence-corrected chi connectivity index (χ2v) is 2.19. The molecule has 3 heteroatoms. The molecule has 0 radical (unpaired) electrons. The van der Waals surface area contributed by atoms with Gasteiger partial charge in [-0.15, -0.1) is 0 Å². The van der Waals surface area contributed by atoms with Crippen molar-refractivity contribution in [2.24, 2.45) is 5.73 Å². The summed E-state index contributed by atoms with van der Waals surface area (Å²) < 4.78 is 0. The van der Waals surface area contributed by atoms with Crippen molar-refractivity contribution >= 4 is 0 Å². The molecule has 62 valence electrons. The molecule has 0 spiro atoms. The molecule has 10 heavy (non-hydrogen) atoms. The summed E-state index contributed by atoms with van der Waals surface area (Å²) in [6, 6.07) is 0. The molecule has 0 aromatic rings. The molecule has 0 amide bonds. The summed E-state index contributed by atoms with van der Waals surface area (Å²) in [5, 5.41) is 0. The van der Waals surface area contributed by atoms with Crippen LogP contribution in [0, 0.1) is 0 Å². The van der Waals surface area contributed by atoms with Gasteiger partial charge in [0.25, 0.3) is 0 Å². The first kappa shape index (κ1) is 9.88. The minimum absolute atomic E-state index is 0.696. The Balaban J connectivity index is 2.65. The van der Waals surface area contributed by atoms with E-state index in [1.165, 1.54) is 20.0 Å². The van der Waals surface area contributed by atoms with Gasteiger partial charge in [-0.05, 0) is 19.4 Å². The molecule has 0 heterocycles. The molecule has 0 aliphatic carbocycles. The number of unbranched alkanes of at least 4 members (excludes halogenated alkanes) is 3. The summed E-state index contributed by atoms with van der Waals surface area (Å²) >= 11 is 0. The molecule has 0 aromatic carbocycles. The van der Waals surface area contributed by atoms with Crippen LogP contribution in [0.4, 0.5) is 0 Å². The van der Waals surface area contributed by atoms with Crippen LogP contribution < -0.4 is 5.73 Å². The summed E-state index contributed by atoms with van der Waals surface area (Å²) in [6.45, 7) is 1.49. The van der Waals surface area contributed by atoms with Crippen LogP contribution >= 0.6 is 0 Å². The zero-order valence-corrected chi connectivity index (χ0v) is 6.64. The fraction of sp³-hybridized carbons (Fsp3) is 1.00. The van der Waals surface area contributed by atoms with E-state index in [9.17, 15) is 0 Å². The highest BCUT2D eigenvalue weighted by atomic mass is 17.2. The van der Waals surface area contributed by atoms with Crippen LogP contribution in [0.5, 0.6) is 0 Å². The Labute approximate surface area is 62.4 Å². The molecule has 0 bridgehead atoms. The number of rotatable bonds is 7. The van der Waals surface area contributed by atoms with Crippen LogP contribution in [0.1, 0.15) is 25.7 Å². The second kappa shape index (κ2) is 8.88. The first-order valence-corrected chi connectivity index (χ1v) is 3.77. The van der Waals surface area contributed by atoms with Crippen LogP contribution in [-0.4, -0.2) is 20.3 Å². The number of nitrogens with two attached hydrogens (primary N) is 1. The third-order valence-electron chi connectivity index (χ3n) is 1.30. The largest absolute Gasteiger partial charge is 0.330 e. The maximum Gasteiger partial charge on any atom is 0.0822 e. The van der Waals surface area contributed by atoms with E-state index in [0.29, 0.717) is 6.61 Å². The van der Waals surface area contributed by atoms with Gasteiger partial charge in [-0.25, -0.2) is 9.78 Å². The zero-order valence-electron chi connectivity index (χ0n) is 6.64. The summed E-state index contributed by atoms with van der Waals surface area (Å²) in [5.41, 5.74) is 5.31. The van der Waals surface area contributed by atoms with E-state index >= 15 is 0 Å². The summed E-state index contributed by atoms with van der Waals surface area (Å²) in [5.74, 6) is 0. The first-order valence-electron chi connectivity index (χ1n) is 3.77. The first-order chi connectivity index (χ1) is 4.91. The predicted molar refractivity (Wildman–Crippen MR) is 40.5 cm³/mol. The van der Waals surface area contributed by atoms with Crippen molar-refractivity contribution in [1.82, 2.24) is 0 Å². The van der Waals surface area contributed by atoms with Gasteiger partial charge in [-0.1, -0.05) is 12.8 Å². The third kappa shape index (κ3) is 7.88. The molecule has 0 aliphatic rings. The monoisotopic (exact) mass is 147 g/mol. The molecule has 0 fully saturated rings. The van der Waals surface area contributed by atoms with Crippen molar-refractivity contribution in [3.05, 3.63) is 0 Å². The van der Waals surface area contributed by atoms with Crippen LogP contribution in [0.2, 0.25) is 0 Å². The SMILES string of the molecule is COOCCCCCCN. The number of hydrogen-bond acceptors (Lipinski definition) is 3. The quantitative estimate of drug-likeness (QED) is 0.333. The highest BCUT2D eigenvalue weighted by molar-refractivity contribution is 4.41. The van der Waals surface area contributed by atoms with Crippen molar-refractivity contribution in [2.45, 2.75) is 25.7 Å². The molecule has 0 saturated carbocycles. The maximum absolute atomic E-state index is 5.31. The average Bonchev–Trinajstić information content (AvgIpc) is 1.97. The Bertz CT molecular complexity index is 51.6. The lowest BCUT2D eigenvalue weighted by Crippen LogP contribution is -1.98. The van der Waals surface area contributed by atoms with Crippen molar-refractivity contribution < 1.29 is 9.78 Å². The molecule has 0 atom stereocenters. The number of hydrogen-bond donors (Lipinski definition) is 1. The predicted octanol–water partition coefficient (Wildman–Crippen LogP) is 1.08. The van der Waals surface area contributed by atoms with Gasteiger partial charge in [0.05, 0.1) is 13.7 Å².